The molecule has 0 bridgehead atoms. The summed E-state index contributed by atoms with van der Waals surface area (Å²) >= 11 is 0. The maximum Gasteiger partial charge on any atom is 0.245 e. The zero-order chi connectivity index (χ0) is 34.5. The van der Waals surface area contributed by atoms with Gasteiger partial charge in [-0.15, -0.1) is 0 Å². The minimum absolute atomic E-state index is 0.0320. The average Bonchev–Trinajstić information content (AvgIpc) is 3.17. The molecule has 3 aromatic carbocycles. The SMILES string of the molecule is O=C(C1CCCCN1C(=O)C1CCCCN1C[C@@H](O)COc1cccc2ncccc12)N(CCCc1ccccc1)CCCc1ccccc1. The lowest BCUT2D eigenvalue weighted by Gasteiger charge is -2.43. The number of carbonyl (C=O) groups excluding carboxylic acids is 2. The van der Waals surface area contributed by atoms with Crippen molar-refractivity contribution in [1.82, 2.24) is 19.7 Å². The fourth-order valence-corrected chi connectivity index (χ4v) is 7.62. The Balaban J connectivity index is 1.10. The summed E-state index contributed by atoms with van der Waals surface area (Å²) in [6.07, 6.45) is 9.79. The van der Waals surface area contributed by atoms with Crippen LogP contribution in [0, 0.1) is 0 Å². The van der Waals surface area contributed by atoms with Gasteiger partial charge in [0.25, 0.3) is 0 Å². The number of aliphatic hydroxyl groups is 1. The number of carbonyl (C=O) groups is 2. The molecule has 0 spiro atoms. The quantitative estimate of drug-likeness (QED) is 0.159. The first kappa shape index (κ1) is 35.6. The molecule has 264 valence electrons. The number of aromatic nitrogens is 1. The van der Waals surface area contributed by atoms with Crippen molar-refractivity contribution in [2.24, 2.45) is 0 Å². The van der Waals surface area contributed by atoms with Gasteiger partial charge in [-0.3, -0.25) is 19.5 Å². The van der Waals surface area contributed by atoms with Crippen LogP contribution in [-0.4, -0.2) is 94.1 Å². The van der Waals surface area contributed by atoms with Crippen LogP contribution in [0.25, 0.3) is 10.9 Å². The number of β-amino-alcohol motifs (C(OH)–C–C–N with tert-alkyl or cyclic N) is 1. The number of piperidine rings is 2. The Labute approximate surface area is 297 Å². The molecule has 2 saturated heterocycles. The van der Waals surface area contributed by atoms with Crippen molar-refractivity contribution in [1.29, 1.82) is 0 Å². The van der Waals surface area contributed by atoms with Crippen LogP contribution in [0.3, 0.4) is 0 Å². The van der Waals surface area contributed by atoms with Gasteiger partial charge in [0.2, 0.25) is 11.8 Å². The Morgan fingerprint density at radius 1 is 0.780 bits per heavy atom. The molecule has 0 aliphatic carbocycles. The van der Waals surface area contributed by atoms with E-state index in [4.69, 9.17) is 4.74 Å². The summed E-state index contributed by atoms with van der Waals surface area (Å²) in [4.78, 5) is 39.3. The van der Waals surface area contributed by atoms with Gasteiger partial charge in [-0.1, -0.05) is 73.2 Å². The maximum absolute atomic E-state index is 14.4. The van der Waals surface area contributed by atoms with Gasteiger partial charge in [-0.25, -0.2) is 0 Å². The largest absolute Gasteiger partial charge is 0.490 e. The van der Waals surface area contributed by atoms with E-state index >= 15 is 0 Å². The lowest BCUT2D eigenvalue weighted by Crippen LogP contribution is -2.59. The second-order valence-corrected chi connectivity index (χ2v) is 13.8. The second-order valence-electron chi connectivity index (χ2n) is 13.8. The number of fused-ring (bicyclic) bond motifs is 1. The number of benzene rings is 3. The van der Waals surface area contributed by atoms with Crippen molar-refractivity contribution in [3.63, 3.8) is 0 Å². The molecule has 4 aromatic rings. The van der Waals surface area contributed by atoms with Gasteiger partial charge in [0.05, 0.1) is 11.6 Å². The number of pyridine rings is 1. The predicted molar refractivity (Wildman–Crippen MR) is 198 cm³/mol. The molecule has 2 amide bonds. The van der Waals surface area contributed by atoms with E-state index in [0.717, 1.165) is 75.2 Å². The Kier molecular flexibility index (Phi) is 12.9. The fraction of sp³-hybridized carbons (Fsp3) is 0.452. The molecule has 0 saturated carbocycles. The molecule has 2 unspecified atom stereocenters. The third-order valence-corrected chi connectivity index (χ3v) is 10.2. The van der Waals surface area contributed by atoms with Gasteiger partial charge >= 0.3 is 0 Å². The highest BCUT2D eigenvalue weighted by Crippen LogP contribution is 2.27. The zero-order valence-electron chi connectivity index (χ0n) is 29.2. The monoisotopic (exact) mass is 676 g/mol. The van der Waals surface area contributed by atoms with E-state index in [1.807, 2.05) is 52.3 Å². The third kappa shape index (κ3) is 9.49. The van der Waals surface area contributed by atoms with Crippen LogP contribution in [0.5, 0.6) is 5.75 Å². The average molecular weight is 677 g/mol. The Morgan fingerprint density at radius 3 is 2.14 bits per heavy atom. The van der Waals surface area contributed by atoms with Gasteiger partial charge in [0, 0.05) is 37.8 Å². The van der Waals surface area contributed by atoms with Gasteiger partial charge in [-0.2, -0.15) is 0 Å². The Bertz CT molecular complexity index is 1600. The summed E-state index contributed by atoms with van der Waals surface area (Å²) in [5.41, 5.74) is 3.40. The molecule has 3 heterocycles. The lowest BCUT2D eigenvalue weighted by molar-refractivity contribution is -0.152. The molecule has 1 N–H and O–H groups in total. The summed E-state index contributed by atoms with van der Waals surface area (Å²) < 4.78 is 6.07. The van der Waals surface area contributed by atoms with E-state index in [-0.39, 0.29) is 24.5 Å². The van der Waals surface area contributed by atoms with Crippen molar-refractivity contribution in [3.05, 3.63) is 108 Å². The van der Waals surface area contributed by atoms with Crippen molar-refractivity contribution in [3.8, 4) is 5.75 Å². The smallest absolute Gasteiger partial charge is 0.245 e. The highest BCUT2D eigenvalue weighted by atomic mass is 16.5. The molecule has 8 heteroatoms. The number of aryl methyl sites for hydroxylation is 2. The molecule has 2 aliphatic rings. The molecular formula is C42H52N4O4. The van der Waals surface area contributed by atoms with Crippen LogP contribution in [0.2, 0.25) is 0 Å². The number of amides is 2. The number of rotatable bonds is 15. The molecular weight excluding hydrogens is 624 g/mol. The molecule has 2 aliphatic heterocycles. The minimum atomic E-state index is -0.765. The van der Waals surface area contributed by atoms with Crippen molar-refractivity contribution >= 4 is 22.7 Å². The molecule has 50 heavy (non-hydrogen) atoms. The van der Waals surface area contributed by atoms with Crippen LogP contribution < -0.4 is 4.74 Å². The van der Waals surface area contributed by atoms with E-state index in [0.29, 0.717) is 38.3 Å². The number of ether oxygens (including phenoxy) is 1. The van der Waals surface area contributed by atoms with E-state index in [9.17, 15) is 14.7 Å². The molecule has 8 nitrogen and oxygen atoms in total. The van der Waals surface area contributed by atoms with E-state index in [1.54, 1.807) is 6.20 Å². The minimum Gasteiger partial charge on any atom is -0.490 e. The van der Waals surface area contributed by atoms with Crippen molar-refractivity contribution in [2.75, 3.05) is 39.3 Å². The maximum atomic E-state index is 14.4. The lowest BCUT2D eigenvalue weighted by atomic mass is 9.95. The summed E-state index contributed by atoms with van der Waals surface area (Å²) in [6, 6.07) is 29.7. The fourth-order valence-electron chi connectivity index (χ4n) is 7.62. The van der Waals surface area contributed by atoms with E-state index in [2.05, 4.69) is 58.4 Å². The molecule has 0 radical (unpaired) electrons. The first-order valence-electron chi connectivity index (χ1n) is 18.6. The summed E-state index contributed by atoms with van der Waals surface area (Å²) in [6.45, 7) is 3.16. The van der Waals surface area contributed by atoms with Crippen molar-refractivity contribution < 1.29 is 19.4 Å². The molecule has 2 fully saturated rings. The highest BCUT2D eigenvalue weighted by Gasteiger charge is 2.40. The summed E-state index contributed by atoms with van der Waals surface area (Å²) in [5, 5.41) is 12.0. The van der Waals surface area contributed by atoms with Crippen molar-refractivity contribution in [2.45, 2.75) is 82.4 Å². The first-order valence-corrected chi connectivity index (χ1v) is 18.6. The number of hydrogen-bond acceptors (Lipinski definition) is 6. The van der Waals surface area contributed by atoms with Crippen LogP contribution in [-0.2, 0) is 22.4 Å². The first-order chi connectivity index (χ1) is 24.6. The second kappa shape index (κ2) is 18.1. The van der Waals surface area contributed by atoms with Gasteiger partial charge in [0.15, 0.2) is 0 Å². The number of aliphatic hydroxyl groups excluding tert-OH is 1. The van der Waals surface area contributed by atoms with Crippen LogP contribution in [0.15, 0.2) is 97.2 Å². The number of nitrogens with zero attached hydrogens (tertiary/aromatic N) is 4. The number of likely N-dealkylation sites (tertiary alicyclic amines) is 2. The van der Waals surface area contributed by atoms with Gasteiger partial charge in [0.1, 0.15) is 24.5 Å². The van der Waals surface area contributed by atoms with Crippen LogP contribution >= 0.6 is 0 Å². The standard InChI is InChI=1S/C42H52N4O4/c47-35(32-50-40-25-11-22-37-36(40)21-12-26-43-37)31-45-27-9-7-23-38(45)42(49)46-30-10-8-24-39(46)41(48)44(28-13-19-33-15-3-1-4-16-33)29-14-20-34-17-5-2-6-18-34/h1-6,11-12,15-18,21-22,25-26,35,38-39,47H,7-10,13-14,19-20,23-24,27-32H2/t35-,38?,39?/m1/s1. The third-order valence-electron chi connectivity index (χ3n) is 10.2. The van der Waals surface area contributed by atoms with Gasteiger partial charge < -0.3 is 19.6 Å². The van der Waals surface area contributed by atoms with Gasteiger partial charge in [-0.05, 0) is 99.7 Å². The summed E-state index contributed by atoms with van der Waals surface area (Å²) in [5.74, 6) is 0.803. The summed E-state index contributed by atoms with van der Waals surface area (Å²) in [7, 11) is 0. The Morgan fingerprint density at radius 2 is 1.44 bits per heavy atom. The molecule has 3 atom stereocenters. The normalized spacial score (nSPS) is 18.9. The number of hydrogen-bond donors (Lipinski definition) is 1. The molecule has 1 aromatic heterocycles. The predicted octanol–water partition coefficient (Wildman–Crippen LogP) is 6.30. The Hall–Kier alpha value is -4.27. The van der Waals surface area contributed by atoms with E-state index < -0.39 is 12.1 Å². The molecule has 6 rings (SSSR count). The van der Waals surface area contributed by atoms with E-state index in [1.165, 1.54) is 11.1 Å². The van der Waals surface area contributed by atoms with Crippen LogP contribution in [0.1, 0.15) is 62.5 Å². The topological polar surface area (TPSA) is 86.2 Å². The van der Waals surface area contributed by atoms with Crippen LogP contribution in [0.4, 0.5) is 0 Å². The highest BCUT2D eigenvalue weighted by molar-refractivity contribution is 5.90. The zero-order valence-corrected chi connectivity index (χ0v) is 29.2.